The Hall–Kier alpha value is -2.55. The second-order valence-electron chi connectivity index (χ2n) is 11.5. The van der Waals surface area contributed by atoms with E-state index >= 15 is 0 Å². The number of alkyl halides is 3. The second kappa shape index (κ2) is 12.6. The first-order valence-corrected chi connectivity index (χ1v) is 17.2. The van der Waals surface area contributed by atoms with Gasteiger partial charge in [0.05, 0.1) is 17.8 Å². The van der Waals surface area contributed by atoms with E-state index in [4.69, 9.17) is 9.47 Å². The summed E-state index contributed by atoms with van der Waals surface area (Å²) in [5.74, 6) is -0.759. The Balaban J connectivity index is 1.48. The molecule has 1 aliphatic rings. The molecular formula is C35H37F3O2P2. The van der Waals surface area contributed by atoms with Crippen LogP contribution >= 0.6 is 15.8 Å². The molecule has 2 nitrogen and oxygen atoms in total. The normalized spacial score (nSPS) is 19.3. The summed E-state index contributed by atoms with van der Waals surface area (Å²) in [6, 6.07) is 31.5. The Morgan fingerprint density at radius 3 is 1.12 bits per heavy atom. The molecule has 0 spiro atoms. The summed E-state index contributed by atoms with van der Waals surface area (Å²) in [6.45, 7) is 10.1. The molecule has 0 saturated carbocycles. The van der Waals surface area contributed by atoms with Crippen molar-refractivity contribution in [3.05, 3.63) is 119 Å². The Kier molecular flexibility index (Phi) is 9.26. The lowest BCUT2D eigenvalue weighted by Gasteiger charge is -2.28. The molecule has 0 bridgehead atoms. The third kappa shape index (κ3) is 7.50. The number of ether oxygens (including phenoxy) is 2. The average molecular weight is 609 g/mol. The van der Waals surface area contributed by atoms with Gasteiger partial charge in [-0.1, -0.05) is 102 Å². The number of benzene rings is 4. The first-order chi connectivity index (χ1) is 19.9. The monoisotopic (exact) mass is 608 g/mol. The van der Waals surface area contributed by atoms with Crippen molar-refractivity contribution in [1.82, 2.24) is 0 Å². The van der Waals surface area contributed by atoms with E-state index in [1.54, 1.807) is 12.1 Å². The van der Waals surface area contributed by atoms with E-state index in [9.17, 15) is 13.2 Å². The number of hydrogen-bond acceptors (Lipinski definition) is 2. The van der Waals surface area contributed by atoms with E-state index in [0.717, 1.165) is 22.3 Å². The molecule has 4 aromatic carbocycles. The molecule has 1 unspecified atom stereocenters. The molecule has 220 valence electrons. The lowest BCUT2D eigenvalue weighted by Crippen LogP contribution is -2.33. The summed E-state index contributed by atoms with van der Waals surface area (Å²) in [4.78, 5) is 0. The lowest BCUT2D eigenvalue weighted by atomic mass is 10.2. The molecule has 3 atom stereocenters. The van der Waals surface area contributed by atoms with Crippen molar-refractivity contribution >= 4 is 37.1 Å². The maximum Gasteiger partial charge on any atom is 0.416 e. The number of aryl methyl sites for hydroxylation is 3. The van der Waals surface area contributed by atoms with Crippen LogP contribution in [-0.2, 0) is 15.7 Å². The van der Waals surface area contributed by atoms with Crippen LogP contribution in [0.1, 0.15) is 36.1 Å². The van der Waals surface area contributed by atoms with E-state index in [2.05, 4.69) is 86.6 Å². The van der Waals surface area contributed by atoms with E-state index in [-0.39, 0.29) is 12.2 Å². The molecule has 1 aliphatic heterocycles. The zero-order chi connectivity index (χ0) is 30.1. The van der Waals surface area contributed by atoms with Gasteiger partial charge in [0.2, 0.25) is 0 Å². The van der Waals surface area contributed by atoms with Crippen molar-refractivity contribution in [2.24, 2.45) is 0 Å². The highest BCUT2D eigenvalue weighted by Crippen LogP contribution is 2.45. The van der Waals surface area contributed by atoms with Crippen LogP contribution in [0.3, 0.4) is 0 Å². The molecule has 4 aromatic rings. The maximum absolute atomic E-state index is 13.4. The fourth-order valence-electron chi connectivity index (χ4n) is 5.30. The molecule has 5 rings (SSSR count). The highest BCUT2D eigenvalue weighted by Gasteiger charge is 2.43. The summed E-state index contributed by atoms with van der Waals surface area (Å²) in [5, 5.41) is 4.58. The minimum atomic E-state index is -4.37. The number of hydrogen-bond donors (Lipinski definition) is 0. The minimum Gasteiger partial charge on any atom is -0.344 e. The fraction of sp³-hybridized carbons (Fsp3) is 0.314. The Morgan fingerprint density at radius 2 is 0.833 bits per heavy atom. The summed E-state index contributed by atoms with van der Waals surface area (Å²) >= 11 is 0. The third-order valence-corrected chi connectivity index (χ3v) is 12.7. The summed E-state index contributed by atoms with van der Waals surface area (Å²) < 4.78 is 53.3. The molecule has 0 N–H and O–H groups in total. The maximum atomic E-state index is 13.4. The van der Waals surface area contributed by atoms with Gasteiger partial charge in [-0.25, -0.2) is 0 Å². The topological polar surface area (TPSA) is 18.5 Å². The predicted octanol–water partition coefficient (Wildman–Crippen LogP) is 7.72. The molecular weight excluding hydrogens is 571 g/mol. The number of rotatable bonds is 8. The lowest BCUT2D eigenvalue weighted by molar-refractivity contribution is -0.142. The summed E-state index contributed by atoms with van der Waals surface area (Å²) in [7, 11) is -1.73. The molecule has 7 heteroatoms. The van der Waals surface area contributed by atoms with Gasteiger partial charge in [-0.2, -0.15) is 13.2 Å². The number of halogens is 3. The predicted molar refractivity (Wildman–Crippen MR) is 171 cm³/mol. The van der Waals surface area contributed by atoms with Crippen molar-refractivity contribution in [2.75, 3.05) is 12.3 Å². The van der Waals surface area contributed by atoms with Crippen LogP contribution in [0.4, 0.5) is 13.2 Å². The first-order valence-electron chi connectivity index (χ1n) is 14.2. The SMILES string of the molecule is Cc1ccc(P(C[C@@H]2OC(C)(C)O[C@H]2CP(c2ccc(C)cc2)c2ccc(C(F)(F)F)cc2)c2ccc(C)cc2)cc1. The Labute approximate surface area is 249 Å². The zero-order valence-electron chi connectivity index (χ0n) is 24.7. The molecule has 1 fully saturated rings. The van der Waals surface area contributed by atoms with Gasteiger partial charge in [0.25, 0.3) is 0 Å². The van der Waals surface area contributed by atoms with E-state index in [1.165, 1.54) is 33.9 Å². The summed E-state index contributed by atoms with van der Waals surface area (Å²) in [5.41, 5.74) is 2.95. The van der Waals surface area contributed by atoms with E-state index in [1.807, 2.05) is 20.8 Å². The van der Waals surface area contributed by atoms with Crippen LogP contribution in [0, 0.1) is 20.8 Å². The van der Waals surface area contributed by atoms with Crippen molar-refractivity contribution < 1.29 is 22.6 Å². The van der Waals surface area contributed by atoms with Crippen LogP contribution < -0.4 is 21.2 Å². The quantitative estimate of drug-likeness (QED) is 0.191. The first kappa shape index (κ1) is 30.9. The Bertz CT molecular complexity index is 1420. The molecule has 1 heterocycles. The van der Waals surface area contributed by atoms with Gasteiger partial charge < -0.3 is 9.47 Å². The molecule has 0 aromatic heterocycles. The minimum absolute atomic E-state index is 0.168. The van der Waals surface area contributed by atoms with Crippen LogP contribution in [0.2, 0.25) is 0 Å². The van der Waals surface area contributed by atoms with Crippen molar-refractivity contribution in [3.63, 3.8) is 0 Å². The van der Waals surface area contributed by atoms with Crippen molar-refractivity contribution in [1.29, 1.82) is 0 Å². The van der Waals surface area contributed by atoms with Crippen LogP contribution in [0.5, 0.6) is 0 Å². The standard InChI is InChI=1S/C35H37F3O2P2/c1-24-6-14-28(15-7-24)41(29-16-8-25(2)9-17-29)22-32-33(40-34(4,5)39-32)23-42(30-18-10-26(3)11-19-30)31-20-12-27(13-21-31)35(36,37)38/h6-21,32-33H,22-23H2,1-5H3/t32-,33-,42?/m0/s1. The van der Waals surface area contributed by atoms with E-state index in [0.29, 0.717) is 6.16 Å². The highest BCUT2D eigenvalue weighted by atomic mass is 31.1. The largest absolute Gasteiger partial charge is 0.416 e. The Morgan fingerprint density at radius 1 is 0.548 bits per heavy atom. The van der Waals surface area contributed by atoms with Gasteiger partial charge in [-0.3, -0.25) is 0 Å². The van der Waals surface area contributed by atoms with Gasteiger partial charge in [-0.05, 0) is 83.8 Å². The van der Waals surface area contributed by atoms with Gasteiger partial charge in [0.1, 0.15) is 0 Å². The van der Waals surface area contributed by atoms with Crippen molar-refractivity contribution in [3.8, 4) is 0 Å². The molecule has 0 amide bonds. The fourth-order valence-corrected chi connectivity index (χ4v) is 10.1. The molecule has 1 saturated heterocycles. The third-order valence-electron chi connectivity index (χ3n) is 7.55. The van der Waals surface area contributed by atoms with E-state index < -0.39 is 33.4 Å². The smallest absolute Gasteiger partial charge is 0.344 e. The van der Waals surface area contributed by atoms with Crippen LogP contribution in [-0.4, -0.2) is 30.3 Å². The van der Waals surface area contributed by atoms with Crippen LogP contribution in [0.25, 0.3) is 0 Å². The second-order valence-corrected chi connectivity index (χ2v) is 16.0. The van der Waals surface area contributed by atoms with Gasteiger partial charge in [-0.15, -0.1) is 0 Å². The van der Waals surface area contributed by atoms with Crippen molar-refractivity contribution in [2.45, 2.75) is 58.8 Å². The average Bonchev–Trinajstić information content (AvgIpc) is 3.24. The molecule has 42 heavy (non-hydrogen) atoms. The molecule has 0 aliphatic carbocycles. The molecule has 0 radical (unpaired) electrons. The van der Waals surface area contributed by atoms with Gasteiger partial charge >= 0.3 is 6.18 Å². The highest BCUT2D eigenvalue weighted by molar-refractivity contribution is 7.73. The van der Waals surface area contributed by atoms with Crippen LogP contribution in [0.15, 0.2) is 97.1 Å². The van der Waals surface area contributed by atoms with Gasteiger partial charge in [0, 0.05) is 12.3 Å². The zero-order valence-corrected chi connectivity index (χ0v) is 26.4. The summed E-state index contributed by atoms with van der Waals surface area (Å²) in [6.07, 6.45) is -3.30. The van der Waals surface area contributed by atoms with Gasteiger partial charge in [0.15, 0.2) is 5.79 Å².